The van der Waals surface area contributed by atoms with Gasteiger partial charge < -0.3 is 14.9 Å². The van der Waals surface area contributed by atoms with Crippen LogP contribution < -0.4 is 11.2 Å². The first-order valence-electron chi connectivity index (χ1n) is 7.55. The lowest BCUT2D eigenvalue weighted by Crippen LogP contribution is -2.34. The topological polar surface area (TPSA) is 105 Å². The van der Waals surface area contributed by atoms with E-state index in [1.165, 1.54) is 22.5 Å². The zero-order valence-electron chi connectivity index (χ0n) is 12.8. The van der Waals surface area contributed by atoms with Gasteiger partial charge in [0.25, 0.3) is 5.56 Å². The highest BCUT2D eigenvalue weighted by Gasteiger charge is 2.35. The molecule has 0 spiro atoms. The third kappa shape index (κ3) is 3.62. The van der Waals surface area contributed by atoms with Gasteiger partial charge in [-0.15, -0.1) is 11.8 Å². The average molecular weight is 350 g/mol. The van der Waals surface area contributed by atoms with Crippen molar-refractivity contribution in [2.24, 2.45) is 0 Å². The summed E-state index contributed by atoms with van der Waals surface area (Å²) in [5.41, 5.74) is -0.588. The first-order chi connectivity index (χ1) is 11.6. The van der Waals surface area contributed by atoms with Crippen molar-refractivity contribution in [2.75, 3.05) is 6.61 Å². The summed E-state index contributed by atoms with van der Waals surface area (Å²) in [7, 11) is 0. The Kier molecular flexibility index (Phi) is 5.20. The van der Waals surface area contributed by atoms with E-state index in [1.54, 1.807) is 0 Å². The number of aliphatic hydroxyl groups excluding tert-OH is 2. The highest BCUT2D eigenvalue weighted by atomic mass is 32.2. The van der Waals surface area contributed by atoms with Crippen LogP contribution in [0.3, 0.4) is 0 Å². The highest BCUT2D eigenvalue weighted by molar-refractivity contribution is 7.98. The molecule has 1 aliphatic heterocycles. The SMILES string of the molecule is O=c1[nH]c(=O)n([C@H]2CC(O)[C@@H](CO)O2)cc1CSc1ccccc1. The van der Waals surface area contributed by atoms with Crippen molar-refractivity contribution in [1.29, 1.82) is 0 Å². The Bertz CT molecular complexity index is 804. The summed E-state index contributed by atoms with van der Waals surface area (Å²) in [6, 6.07) is 9.62. The van der Waals surface area contributed by atoms with Gasteiger partial charge in [0.05, 0.1) is 12.7 Å². The molecule has 2 heterocycles. The average Bonchev–Trinajstić information content (AvgIpc) is 2.95. The van der Waals surface area contributed by atoms with Crippen LogP contribution in [0.15, 0.2) is 51.0 Å². The molecule has 1 fully saturated rings. The molecule has 24 heavy (non-hydrogen) atoms. The summed E-state index contributed by atoms with van der Waals surface area (Å²) in [6.45, 7) is -0.327. The van der Waals surface area contributed by atoms with Crippen LogP contribution in [0.25, 0.3) is 0 Å². The molecule has 128 valence electrons. The minimum absolute atomic E-state index is 0.183. The van der Waals surface area contributed by atoms with E-state index < -0.39 is 29.7 Å². The summed E-state index contributed by atoms with van der Waals surface area (Å²) in [6.07, 6.45) is -0.629. The summed E-state index contributed by atoms with van der Waals surface area (Å²) < 4.78 is 6.75. The molecule has 0 aliphatic carbocycles. The maximum atomic E-state index is 12.0. The standard InChI is InChI=1S/C16H18N2O5S/c19-8-13-12(20)6-14(23-13)18-7-10(15(21)17-16(18)22)9-24-11-4-2-1-3-5-11/h1-5,7,12-14,19-20H,6,8-9H2,(H,17,21,22)/t12?,13-,14-/m1/s1. The molecular formula is C16H18N2O5S. The predicted molar refractivity (Wildman–Crippen MR) is 88.9 cm³/mol. The number of hydrogen-bond acceptors (Lipinski definition) is 6. The summed E-state index contributed by atoms with van der Waals surface area (Å²) in [5.74, 6) is 0.401. The van der Waals surface area contributed by atoms with Crippen molar-refractivity contribution >= 4 is 11.8 Å². The van der Waals surface area contributed by atoms with Crippen LogP contribution in [0.5, 0.6) is 0 Å². The maximum absolute atomic E-state index is 12.0. The number of hydrogen-bond donors (Lipinski definition) is 3. The van der Waals surface area contributed by atoms with Gasteiger partial charge >= 0.3 is 5.69 Å². The zero-order chi connectivity index (χ0) is 17.1. The van der Waals surface area contributed by atoms with E-state index in [0.717, 1.165) is 4.90 Å². The number of benzene rings is 1. The van der Waals surface area contributed by atoms with E-state index in [9.17, 15) is 14.7 Å². The molecule has 3 N–H and O–H groups in total. The number of rotatable bonds is 5. The molecule has 3 rings (SSSR count). The Morgan fingerprint density at radius 1 is 1.29 bits per heavy atom. The minimum Gasteiger partial charge on any atom is -0.394 e. The molecule has 7 nitrogen and oxygen atoms in total. The Hall–Kier alpha value is -1.87. The summed E-state index contributed by atoms with van der Waals surface area (Å²) >= 11 is 1.48. The van der Waals surface area contributed by atoms with Crippen LogP contribution in [0.4, 0.5) is 0 Å². The third-order valence-electron chi connectivity index (χ3n) is 3.87. The lowest BCUT2D eigenvalue weighted by Gasteiger charge is -2.15. The van der Waals surface area contributed by atoms with Gasteiger partial charge in [0.2, 0.25) is 0 Å². The first kappa shape index (κ1) is 17.0. The monoisotopic (exact) mass is 350 g/mol. The van der Waals surface area contributed by atoms with Crippen LogP contribution in [0.2, 0.25) is 0 Å². The van der Waals surface area contributed by atoms with E-state index >= 15 is 0 Å². The molecule has 0 saturated carbocycles. The summed E-state index contributed by atoms with van der Waals surface area (Å²) in [5, 5.41) is 19.0. The highest BCUT2D eigenvalue weighted by Crippen LogP contribution is 2.27. The molecule has 0 radical (unpaired) electrons. The van der Waals surface area contributed by atoms with Gasteiger partial charge in [-0.25, -0.2) is 4.79 Å². The van der Waals surface area contributed by atoms with Gasteiger partial charge in [0.1, 0.15) is 12.3 Å². The zero-order valence-corrected chi connectivity index (χ0v) is 13.6. The number of nitrogens with zero attached hydrogens (tertiary/aromatic N) is 1. The Morgan fingerprint density at radius 3 is 2.71 bits per heavy atom. The molecule has 8 heteroatoms. The van der Waals surface area contributed by atoms with E-state index in [0.29, 0.717) is 11.3 Å². The van der Waals surface area contributed by atoms with Crippen LogP contribution >= 0.6 is 11.8 Å². The quantitative estimate of drug-likeness (QED) is 0.677. The smallest absolute Gasteiger partial charge is 0.330 e. The number of H-pyrrole nitrogens is 1. The third-order valence-corrected chi connectivity index (χ3v) is 4.93. The Balaban J connectivity index is 1.81. The normalized spacial score (nSPS) is 23.5. The molecule has 1 saturated heterocycles. The van der Waals surface area contributed by atoms with Gasteiger partial charge in [0.15, 0.2) is 0 Å². The van der Waals surface area contributed by atoms with Crippen molar-refractivity contribution in [1.82, 2.24) is 9.55 Å². The molecule has 2 aromatic rings. The molecule has 1 unspecified atom stereocenters. The fourth-order valence-electron chi connectivity index (χ4n) is 2.57. The number of ether oxygens (including phenoxy) is 1. The lowest BCUT2D eigenvalue weighted by atomic mass is 10.2. The molecule has 1 aromatic carbocycles. The van der Waals surface area contributed by atoms with E-state index in [4.69, 9.17) is 9.84 Å². The van der Waals surface area contributed by atoms with Gasteiger partial charge in [-0.05, 0) is 12.1 Å². The fourth-order valence-corrected chi connectivity index (χ4v) is 3.45. The van der Waals surface area contributed by atoms with Crippen LogP contribution in [-0.2, 0) is 10.5 Å². The van der Waals surface area contributed by atoms with Crippen LogP contribution in [0, 0.1) is 0 Å². The first-order valence-corrected chi connectivity index (χ1v) is 8.53. The van der Waals surface area contributed by atoms with Gasteiger partial charge in [-0.1, -0.05) is 18.2 Å². The largest absolute Gasteiger partial charge is 0.394 e. The van der Waals surface area contributed by atoms with Crippen molar-refractivity contribution < 1.29 is 14.9 Å². The fraction of sp³-hybridized carbons (Fsp3) is 0.375. The minimum atomic E-state index is -0.846. The van der Waals surface area contributed by atoms with Gasteiger partial charge in [0, 0.05) is 28.8 Å². The molecule has 3 atom stereocenters. The van der Waals surface area contributed by atoms with Crippen molar-refractivity contribution in [3.63, 3.8) is 0 Å². The predicted octanol–water partition coefficient (Wildman–Crippen LogP) is 0.470. The molecule has 1 aromatic heterocycles. The Morgan fingerprint density at radius 2 is 2.04 bits per heavy atom. The Labute approximate surface area is 141 Å². The summed E-state index contributed by atoms with van der Waals surface area (Å²) in [4.78, 5) is 27.3. The second-order valence-corrected chi connectivity index (χ2v) is 6.59. The molecule has 1 aliphatic rings. The second kappa shape index (κ2) is 7.35. The number of thioether (sulfide) groups is 1. The van der Waals surface area contributed by atoms with Crippen LogP contribution in [-0.4, -0.2) is 38.6 Å². The van der Waals surface area contributed by atoms with E-state index in [1.807, 2.05) is 30.3 Å². The molecule has 0 amide bonds. The number of nitrogens with one attached hydrogen (secondary N) is 1. The number of aromatic amines is 1. The molecule has 0 bridgehead atoms. The second-order valence-electron chi connectivity index (χ2n) is 5.54. The van der Waals surface area contributed by atoms with Crippen molar-refractivity contribution in [3.05, 3.63) is 62.9 Å². The maximum Gasteiger partial charge on any atom is 0.330 e. The number of aliphatic hydroxyl groups is 2. The number of aromatic nitrogens is 2. The lowest BCUT2D eigenvalue weighted by molar-refractivity contribution is -0.0459. The van der Waals surface area contributed by atoms with E-state index in [-0.39, 0.29) is 13.0 Å². The van der Waals surface area contributed by atoms with Crippen molar-refractivity contribution in [2.45, 2.75) is 35.5 Å². The van der Waals surface area contributed by atoms with Crippen LogP contribution in [0.1, 0.15) is 18.2 Å². The van der Waals surface area contributed by atoms with E-state index in [2.05, 4.69) is 4.98 Å². The van der Waals surface area contributed by atoms with Crippen molar-refractivity contribution in [3.8, 4) is 0 Å². The van der Waals surface area contributed by atoms with Gasteiger partial charge in [-0.2, -0.15) is 0 Å². The van der Waals surface area contributed by atoms with Gasteiger partial charge in [-0.3, -0.25) is 14.3 Å². The molecular weight excluding hydrogens is 332 g/mol.